The molecule has 2 heterocycles. The summed E-state index contributed by atoms with van der Waals surface area (Å²) >= 11 is 0. The van der Waals surface area contributed by atoms with Crippen molar-refractivity contribution in [2.75, 3.05) is 0 Å². The summed E-state index contributed by atoms with van der Waals surface area (Å²) in [7, 11) is -1.20. The maximum absolute atomic E-state index is 6.03. The molecular weight excluding hydrogens is 177 g/mol. The molecule has 0 spiro atoms. The van der Waals surface area contributed by atoms with Crippen molar-refractivity contribution >= 4 is 12.8 Å². The molecule has 0 aliphatic carbocycles. The normalized spacial score (nSPS) is 17.4. The lowest BCUT2D eigenvalue weighted by atomic mass is 9.97. The Bertz CT molecular complexity index is 394. The summed E-state index contributed by atoms with van der Waals surface area (Å²) in [5, 5.41) is 8.53. The van der Waals surface area contributed by atoms with Crippen molar-refractivity contribution in [1.29, 1.82) is 0 Å². The van der Waals surface area contributed by atoms with E-state index in [1.807, 2.05) is 38.4 Å². The van der Waals surface area contributed by atoms with Crippen LogP contribution in [0, 0.1) is 6.92 Å². The van der Waals surface area contributed by atoms with Crippen LogP contribution in [-0.2, 0) is 0 Å². The molecule has 0 saturated heterocycles. The number of aryl methyl sites for hydroxylation is 1. The van der Waals surface area contributed by atoms with Crippen LogP contribution in [0.4, 0.5) is 0 Å². The summed E-state index contributed by atoms with van der Waals surface area (Å²) in [6.45, 7) is 3.88. The Morgan fingerprint density at radius 1 is 1.50 bits per heavy atom. The average Bonchev–Trinajstić information content (AvgIpc) is 2.73. The molecule has 0 aromatic carbocycles. The van der Waals surface area contributed by atoms with Gasteiger partial charge in [-0.3, -0.25) is 0 Å². The number of nitrogens with two attached hydrogens (primary N) is 1. The van der Waals surface area contributed by atoms with Crippen LogP contribution in [0.15, 0.2) is 24.5 Å². The first-order valence-electron chi connectivity index (χ1n) is 4.65. The zero-order valence-electron chi connectivity index (χ0n) is 8.38. The third-order valence-corrected chi connectivity index (χ3v) is 2.21. The van der Waals surface area contributed by atoms with Crippen molar-refractivity contribution in [3.63, 3.8) is 0 Å². The molecule has 0 amide bonds. The van der Waals surface area contributed by atoms with E-state index in [1.54, 1.807) is 9.51 Å². The van der Waals surface area contributed by atoms with Gasteiger partial charge in [-0.05, 0) is 19.2 Å². The molecule has 5 nitrogen and oxygen atoms in total. The number of hydrogen-bond donors (Lipinski definition) is 1. The predicted molar refractivity (Wildman–Crippen MR) is 57.5 cm³/mol. The minimum Gasteiger partial charge on any atom is -0.463 e. The van der Waals surface area contributed by atoms with Crippen molar-refractivity contribution in [2.24, 2.45) is 5.64 Å². The van der Waals surface area contributed by atoms with Crippen LogP contribution >= 0.6 is 0 Å². The summed E-state index contributed by atoms with van der Waals surface area (Å²) in [6.07, 6.45) is 5.70. The number of hydrogen-bond acceptors (Lipinski definition) is 4. The highest BCUT2D eigenvalue weighted by Gasteiger charge is 2.21. The van der Waals surface area contributed by atoms with Gasteiger partial charge in [-0.2, -0.15) is 0 Å². The van der Waals surface area contributed by atoms with Crippen LogP contribution in [0.1, 0.15) is 12.6 Å². The highest BCUT2D eigenvalue weighted by molar-refractivity contribution is 6.50. The Hall–Kier alpha value is -1.56. The lowest BCUT2D eigenvalue weighted by Gasteiger charge is -2.19. The number of allylic oxidation sites excluding steroid dienone is 1. The molecule has 1 aliphatic heterocycles. The van der Waals surface area contributed by atoms with Crippen LogP contribution in [0.3, 0.4) is 0 Å². The maximum Gasteiger partial charge on any atom is 0.326 e. The van der Waals surface area contributed by atoms with Gasteiger partial charge < -0.3 is 10.2 Å². The van der Waals surface area contributed by atoms with Gasteiger partial charge in [0.15, 0.2) is 0 Å². The summed E-state index contributed by atoms with van der Waals surface area (Å²) < 4.78 is 1.77. The van der Waals surface area contributed by atoms with E-state index in [4.69, 9.17) is 5.64 Å². The van der Waals surface area contributed by atoms with Crippen molar-refractivity contribution in [1.82, 2.24) is 19.7 Å². The molecule has 1 aromatic heterocycles. The minimum absolute atomic E-state index is 0.969. The highest BCUT2D eigenvalue weighted by atomic mass is 15.5. The van der Waals surface area contributed by atoms with E-state index in [9.17, 15) is 0 Å². The fraction of sp³-hybridized carbons (Fsp3) is 0.250. The van der Waals surface area contributed by atoms with Crippen molar-refractivity contribution in [3.05, 3.63) is 30.2 Å². The fourth-order valence-corrected chi connectivity index (χ4v) is 1.44. The van der Waals surface area contributed by atoms with E-state index in [-0.39, 0.29) is 0 Å². The topological polar surface area (TPSA) is 61.2 Å². The standard InChI is InChI=1S/C8H13BN5/c1-7-3-5-13(11-7)9(10)14-6-4-8(2)12-14/h3-6,9H,10H2,1-2H3. The second-order valence-corrected chi connectivity index (χ2v) is 3.50. The van der Waals surface area contributed by atoms with E-state index in [1.165, 1.54) is 0 Å². The van der Waals surface area contributed by atoms with Gasteiger partial charge in [0.2, 0.25) is 0 Å². The first-order chi connectivity index (χ1) is 6.66. The quantitative estimate of drug-likeness (QED) is 0.624. The summed E-state index contributed by atoms with van der Waals surface area (Å²) in [5.41, 5.74) is 7.97. The van der Waals surface area contributed by atoms with Gasteiger partial charge in [0.05, 0.1) is 5.69 Å². The van der Waals surface area contributed by atoms with Crippen LogP contribution in [0.25, 0.3) is 0 Å². The molecule has 1 radical (unpaired) electrons. The lowest BCUT2D eigenvalue weighted by molar-refractivity contribution is 0.539. The Morgan fingerprint density at radius 2 is 2.29 bits per heavy atom. The first kappa shape index (κ1) is 9.02. The molecule has 2 rings (SSSR count). The van der Waals surface area contributed by atoms with Gasteiger partial charge >= 0.3 is 7.12 Å². The van der Waals surface area contributed by atoms with Crippen molar-refractivity contribution in [2.45, 2.75) is 13.8 Å². The van der Waals surface area contributed by atoms with E-state index < -0.39 is 7.12 Å². The van der Waals surface area contributed by atoms with Gasteiger partial charge in [0.25, 0.3) is 5.71 Å². The molecule has 0 bridgehead atoms. The van der Waals surface area contributed by atoms with Gasteiger partial charge in [-0.25, -0.2) is 10.0 Å². The van der Waals surface area contributed by atoms with Crippen LogP contribution < -0.4 is 10.7 Å². The Labute approximate surface area is 83.0 Å². The zero-order valence-corrected chi connectivity index (χ0v) is 8.38. The highest BCUT2D eigenvalue weighted by Crippen LogP contribution is 1.98. The van der Waals surface area contributed by atoms with Gasteiger partial charge in [-0.1, -0.05) is 0 Å². The van der Waals surface area contributed by atoms with Gasteiger partial charge in [-0.15, -0.1) is 0 Å². The first-order valence-corrected chi connectivity index (χ1v) is 4.65. The molecule has 0 saturated carbocycles. The largest absolute Gasteiger partial charge is 0.463 e. The molecule has 1 aliphatic rings. The fourth-order valence-electron chi connectivity index (χ4n) is 1.44. The molecule has 0 fully saturated rings. The van der Waals surface area contributed by atoms with E-state index in [2.05, 4.69) is 10.2 Å². The second-order valence-electron chi connectivity index (χ2n) is 3.50. The summed E-state index contributed by atoms with van der Waals surface area (Å²) in [4.78, 5) is 1.77. The Kier molecular flexibility index (Phi) is 2.13. The molecule has 73 valence electrons. The lowest BCUT2D eigenvalue weighted by Crippen LogP contribution is -2.50. The third-order valence-electron chi connectivity index (χ3n) is 2.21. The zero-order chi connectivity index (χ0) is 10.1. The number of rotatable bonds is 2. The second kappa shape index (κ2) is 3.30. The summed E-state index contributed by atoms with van der Waals surface area (Å²) in [5.74, 6) is 0. The third kappa shape index (κ3) is 1.56. The average molecular weight is 190 g/mol. The van der Waals surface area contributed by atoms with Crippen LogP contribution in [0.2, 0.25) is 0 Å². The van der Waals surface area contributed by atoms with Gasteiger partial charge in [0, 0.05) is 19.2 Å². The molecular formula is C8H13BN5. The molecule has 14 heavy (non-hydrogen) atoms. The minimum atomic E-state index is -1.20. The van der Waals surface area contributed by atoms with E-state index in [0.29, 0.717) is 0 Å². The molecule has 1 atom stereocenters. The van der Waals surface area contributed by atoms with Crippen LogP contribution in [-0.4, -0.2) is 27.4 Å². The molecule has 1 aromatic rings. The molecule has 6 heteroatoms. The van der Waals surface area contributed by atoms with Crippen molar-refractivity contribution < 1.29 is 0 Å². The van der Waals surface area contributed by atoms with Crippen LogP contribution in [0.5, 0.6) is 0 Å². The van der Waals surface area contributed by atoms with Gasteiger partial charge in [0.1, 0.15) is 5.10 Å². The maximum atomic E-state index is 6.03. The molecule has 2 N–H and O–H groups in total. The van der Waals surface area contributed by atoms with E-state index in [0.717, 1.165) is 11.4 Å². The number of aromatic nitrogens is 2. The summed E-state index contributed by atoms with van der Waals surface area (Å²) in [6, 6.07) is 1.93. The Balaban J connectivity index is 2.17. The van der Waals surface area contributed by atoms with Crippen molar-refractivity contribution in [3.8, 4) is 0 Å². The number of hydrazone groups is 1. The SMILES string of the molecule is CC1=[N+]N([BH-](N)n2ccc(C)n2)C=C1. The van der Waals surface area contributed by atoms with E-state index >= 15 is 0 Å². The monoisotopic (exact) mass is 190 g/mol. The predicted octanol–water partition coefficient (Wildman–Crippen LogP) is -0.743. The smallest absolute Gasteiger partial charge is 0.326 e. The molecule has 1 unspecified atom stereocenters. The number of nitrogens with zero attached hydrogens (tertiary/aromatic N) is 4. The Morgan fingerprint density at radius 3 is 2.79 bits per heavy atom.